The number of nitrogen functional groups attached to an aromatic ring is 1. The fourth-order valence-electron chi connectivity index (χ4n) is 1.29. The molecule has 2 N–H and O–H groups in total. The van der Waals surface area contributed by atoms with Crippen molar-refractivity contribution in [3.63, 3.8) is 0 Å². The first-order valence-corrected chi connectivity index (χ1v) is 4.94. The maximum absolute atomic E-state index is 5.61. The predicted molar refractivity (Wildman–Crippen MR) is 60.3 cm³/mol. The molecule has 1 aromatic carbocycles. The molecule has 0 bridgehead atoms. The fraction of sp³-hybridized carbons (Fsp3) is 0.273. The van der Waals surface area contributed by atoms with E-state index >= 15 is 0 Å². The van der Waals surface area contributed by atoms with Gasteiger partial charge in [-0.1, -0.05) is 0 Å². The van der Waals surface area contributed by atoms with Crippen LogP contribution < -0.4 is 5.73 Å². The minimum atomic E-state index is 0.333. The molecule has 0 aliphatic rings. The van der Waals surface area contributed by atoms with Gasteiger partial charge in [-0.05, 0) is 38.1 Å². The smallest absolute Gasteiger partial charge is 0.181 e. The van der Waals surface area contributed by atoms with Crippen LogP contribution in [0, 0.1) is 0 Å². The Balaban J connectivity index is 2.33. The summed E-state index contributed by atoms with van der Waals surface area (Å²) in [6.45, 7) is 4.14. The highest BCUT2D eigenvalue weighted by Gasteiger charge is 2.05. The molecule has 0 aliphatic heterocycles. The van der Waals surface area contributed by atoms with Crippen LogP contribution in [0.3, 0.4) is 0 Å². The number of rotatable bonds is 2. The van der Waals surface area contributed by atoms with Gasteiger partial charge in [-0.2, -0.15) is 5.10 Å². The molecule has 4 nitrogen and oxygen atoms in total. The molecule has 2 rings (SSSR count). The van der Waals surface area contributed by atoms with Crippen molar-refractivity contribution in [2.45, 2.75) is 19.9 Å². The van der Waals surface area contributed by atoms with E-state index in [1.807, 2.05) is 28.9 Å². The molecule has 0 atom stereocenters. The minimum Gasteiger partial charge on any atom is -0.399 e. The Hall–Kier alpha value is -1.84. The Labute approximate surface area is 88.8 Å². The number of benzene rings is 1. The first-order valence-electron chi connectivity index (χ1n) is 4.94. The van der Waals surface area contributed by atoms with Gasteiger partial charge in [0.25, 0.3) is 0 Å². The lowest BCUT2D eigenvalue weighted by Gasteiger charge is -2.02. The second-order valence-corrected chi connectivity index (χ2v) is 3.76. The maximum Gasteiger partial charge on any atom is 0.181 e. The zero-order chi connectivity index (χ0) is 10.8. The Morgan fingerprint density at radius 3 is 2.40 bits per heavy atom. The third kappa shape index (κ3) is 1.98. The summed E-state index contributed by atoms with van der Waals surface area (Å²) >= 11 is 0. The lowest BCUT2D eigenvalue weighted by atomic mass is 10.2. The average molecular weight is 202 g/mol. The minimum absolute atomic E-state index is 0.333. The fourth-order valence-corrected chi connectivity index (χ4v) is 1.29. The van der Waals surface area contributed by atoms with E-state index in [0.717, 1.165) is 17.1 Å². The van der Waals surface area contributed by atoms with Gasteiger partial charge in [0.1, 0.15) is 6.33 Å². The van der Waals surface area contributed by atoms with Crippen LogP contribution in [-0.4, -0.2) is 14.8 Å². The van der Waals surface area contributed by atoms with E-state index in [1.54, 1.807) is 6.33 Å². The van der Waals surface area contributed by atoms with E-state index in [2.05, 4.69) is 23.9 Å². The van der Waals surface area contributed by atoms with Crippen molar-refractivity contribution in [3.05, 3.63) is 30.6 Å². The third-order valence-electron chi connectivity index (χ3n) is 2.21. The molecule has 1 aromatic heterocycles. The van der Waals surface area contributed by atoms with Crippen LogP contribution >= 0.6 is 0 Å². The Morgan fingerprint density at radius 2 is 1.87 bits per heavy atom. The average Bonchev–Trinajstić information content (AvgIpc) is 2.68. The van der Waals surface area contributed by atoms with Crippen LogP contribution in [0.4, 0.5) is 5.69 Å². The summed E-state index contributed by atoms with van der Waals surface area (Å²) in [7, 11) is 0. The van der Waals surface area contributed by atoms with Crippen LogP contribution in [0.5, 0.6) is 0 Å². The lowest BCUT2D eigenvalue weighted by Crippen LogP contribution is -2.00. The van der Waals surface area contributed by atoms with Gasteiger partial charge in [0, 0.05) is 17.3 Å². The molecule has 0 saturated heterocycles. The topological polar surface area (TPSA) is 56.7 Å². The largest absolute Gasteiger partial charge is 0.399 e. The van der Waals surface area contributed by atoms with E-state index in [1.165, 1.54) is 0 Å². The molecule has 15 heavy (non-hydrogen) atoms. The number of anilines is 1. The molecule has 0 aliphatic carbocycles. The molecule has 0 fully saturated rings. The van der Waals surface area contributed by atoms with Gasteiger partial charge in [-0.15, -0.1) is 0 Å². The molecule has 2 aromatic rings. The van der Waals surface area contributed by atoms with Gasteiger partial charge >= 0.3 is 0 Å². The van der Waals surface area contributed by atoms with Gasteiger partial charge in [-0.3, -0.25) is 0 Å². The van der Waals surface area contributed by atoms with E-state index in [0.29, 0.717) is 6.04 Å². The van der Waals surface area contributed by atoms with Crippen LogP contribution in [0.1, 0.15) is 19.9 Å². The normalized spacial score (nSPS) is 10.9. The SMILES string of the molecule is CC(C)n1cnc(-c2ccc(N)cc2)n1. The number of nitrogens with two attached hydrogens (primary N) is 1. The second-order valence-electron chi connectivity index (χ2n) is 3.76. The van der Waals surface area contributed by atoms with Crippen molar-refractivity contribution >= 4 is 5.69 Å². The van der Waals surface area contributed by atoms with Gasteiger partial charge in [0.15, 0.2) is 5.82 Å². The monoisotopic (exact) mass is 202 g/mol. The van der Waals surface area contributed by atoms with Crippen molar-refractivity contribution < 1.29 is 0 Å². The van der Waals surface area contributed by atoms with Gasteiger partial charge < -0.3 is 5.73 Å². The van der Waals surface area contributed by atoms with Gasteiger partial charge in [-0.25, -0.2) is 9.67 Å². The summed E-state index contributed by atoms with van der Waals surface area (Å²) < 4.78 is 1.84. The number of nitrogens with zero attached hydrogens (tertiary/aromatic N) is 3. The molecular weight excluding hydrogens is 188 g/mol. The highest BCUT2D eigenvalue weighted by molar-refractivity contribution is 5.57. The summed E-state index contributed by atoms with van der Waals surface area (Å²) in [4.78, 5) is 4.25. The molecule has 0 spiro atoms. The molecule has 1 heterocycles. The summed E-state index contributed by atoms with van der Waals surface area (Å²) in [6, 6.07) is 7.89. The Bertz CT molecular complexity index is 442. The van der Waals surface area contributed by atoms with Crippen LogP contribution in [-0.2, 0) is 0 Å². The van der Waals surface area contributed by atoms with Crippen LogP contribution in [0.2, 0.25) is 0 Å². The molecule has 0 radical (unpaired) electrons. The van der Waals surface area contributed by atoms with Crippen LogP contribution in [0.25, 0.3) is 11.4 Å². The summed E-state index contributed by atoms with van der Waals surface area (Å²) in [5.74, 6) is 0.740. The summed E-state index contributed by atoms with van der Waals surface area (Å²) in [6.07, 6.45) is 1.75. The Morgan fingerprint density at radius 1 is 1.20 bits per heavy atom. The van der Waals surface area contributed by atoms with E-state index in [4.69, 9.17) is 5.73 Å². The summed E-state index contributed by atoms with van der Waals surface area (Å²) in [5.41, 5.74) is 7.35. The predicted octanol–water partition coefficient (Wildman–Crippen LogP) is 2.11. The van der Waals surface area contributed by atoms with Gasteiger partial charge in [0.2, 0.25) is 0 Å². The van der Waals surface area contributed by atoms with E-state index in [-0.39, 0.29) is 0 Å². The van der Waals surface area contributed by atoms with E-state index in [9.17, 15) is 0 Å². The van der Waals surface area contributed by atoms with Crippen molar-refractivity contribution in [2.75, 3.05) is 5.73 Å². The quantitative estimate of drug-likeness (QED) is 0.759. The molecule has 4 heteroatoms. The van der Waals surface area contributed by atoms with E-state index < -0.39 is 0 Å². The van der Waals surface area contributed by atoms with Crippen molar-refractivity contribution in [3.8, 4) is 11.4 Å². The molecule has 0 saturated carbocycles. The maximum atomic E-state index is 5.61. The zero-order valence-electron chi connectivity index (χ0n) is 8.88. The lowest BCUT2D eigenvalue weighted by molar-refractivity contribution is 0.532. The molecule has 78 valence electrons. The number of aromatic nitrogens is 3. The Kier molecular flexibility index (Phi) is 2.41. The highest BCUT2D eigenvalue weighted by Crippen LogP contribution is 2.16. The number of hydrogen-bond donors (Lipinski definition) is 1. The zero-order valence-corrected chi connectivity index (χ0v) is 8.88. The van der Waals surface area contributed by atoms with Crippen molar-refractivity contribution in [2.24, 2.45) is 0 Å². The molecular formula is C11H14N4. The molecule has 0 unspecified atom stereocenters. The van der Waals surface area contributed by atoms with Crippen molar-refractivity contribution in [1.29, 1.82) is 0 Å². The second kappa shape index (κ2) is 3.73. The molecule has 0 amide bonds. The first kappa shape index (κ1) is 9.71. The van der Waals surface area contributed by atoms with Gasteiger partial charge in [0.05, 0.1) is 0 Å². The highest BCUT2D eigenvalue weighted by atomic mass is 15.3. The summed E-state index contributed by atoms with van der Waals surface area (Å²) in [5, 5.41) is 4.37. The first-order chi connectivity index (χ1) is 7.16. The standard InChI is InChI=1S/C11H14N4/c1-8(2)15-7-13-11(14-15)9-3-5-10(12)6-4-9/h3-8H,12H2,1-2H3. The third-order valence-corrected chi connectivity index (χ3v) is 2.21. The van der Waals surface area contributed by atoms with Crippen molar-refractivity contribution in [1.82, 2.24) is 14.8 Å². The van der Waals surface area contributed by atoms with Crippen LogP contribution in [0.15, 0.2) is 30.6 Å². The number of hydrogen-bond acceptors (Lipinski definition) is 3.